The van der Waals surface area contributed by atoms with Gasteiger partial charge in [0.25, 0.3) is 5.91 Å². The molecule has 0 atom stereocenters. The van der Waals surface area contributed by atoms with E-state index in [4.69, 9.17) is 26.2 Å². The molecule has 0 bridgehead atoms. The molecule has 19 heavy (non-hydrogen) atoms. The van der Waals surface area contributed by atoms with E-state index in [1.165, 1.54) is 19.2 Å². The molecule has 1 amide bonds. The second-order valence-corrected chi connectivity index (χ2v) is 3.91. The van der Waals surface area contributed by atoms with Gasteiger partial charge in [0, 0.05) is 5.56 Å². The Bertz CT molecular complexity index is 489. The molecule has 0 unspecified atom stereocenters. The van der Waals surface area contributed by atoms with Gasteiger partial charge < -0.3 is 19.9 Å². The van der Waals surface area contributed by atoms with E-state index in [0.717, 1.165) is 0 Å². The van der Waals surface area contributed by atoms with Crippen molar-refractivity contribution in [2.45, 2.75) is 6.92 Å². The number of carbonyl (C=O) groups excluding carboxylic acids is 1. The molecule has 0 saturated heterocycles. The van der Waals surface area contributed by atoms with Gasteiger partial charge in [-0.05, 0) is 19.1 Å². The quantitative estimate of drug-likeness (QED) is 0.829. The van der Waals surface area contributed by atoms with Crippen LogP contribution >= 0.6 is 11.6 Å². The van der Waals surface area contributed by atoms with Crippen LogP contribution in [0.15, 0.2) is 12.1 Å². The van der Waals surface area contributed by atoms with Crippen LogP contribution in [0.2, 0.25) is 5.02 Å². The molecular formula is C12H14ClNO5. The van der Waals surface area contributed by atoms with Crippen molar-refractivity contribution in [2.75, 3.05) is 20.3 Å². The number of hydrogen-bond acceptors (Lipinski definition) is 4. The Morgan fingerprint density at radius 3 is 2.63 bits per heavy atom. The Morgan fingerprint density at radius 1 is 1.42 bits per heavy atom. The zero-order chi connectivity index (χ0) is 14.4. The molecule has 2 N–H and O–H groups in total. The topological polar surface area (TPSA) is 84.9 Å². The SMILES string of the molecule is CCOc1c(Cl)cc(C(=O)NCC(=O)O)cc1OC. The molecule has 0 saturated carbocycles. The minimum Gasteiger partial charge on any atom is -0.493 e. The Balaban J connectivity index is 3.00. The van der Waals surface area contributed by atoms with Crippen LogP contribution in [0.25, 0.3) is 0 Å². The summed E-state index contributed by atoms with van der Waals surface area (Å²) in [6.07, 6.45) is 0. The lowest BCUT2D eigenvalue weighted by atomic mass is 10.2. The van der Waals surface area contributed by atoms with Crippen molar-refractivity contribution < 1.29 is 24.2 Å². The third-order valence-corrected chi connectivity index (χ3v) is 2.46. The number of nitrogens with one attached hydrogen (secondary N) is 1. The first-order chi connectivity index (χ1) is 8.99. The number of ether oxygens (including phenoxy) is 2. The second kappa shape index (κ2) is 6.84. The first-order valence-corrected chi connectivity index (χ1v) is 5.87. The van der Waals surface area contributed by atoms with E-state index < -0.39 is 18.4 Å². The Morgan fingerprint density at radius 2 is 2.11 bits per heavy atom. The highest BCUT2D eigenvalue weighted by atomic mass is 35.5. The lowest BCUT2D eigenvalue weighted by molar-refractivity contribution is -0.135. The minimum absolute atomic E-state index is 0.201. The third-order valence-electron chi connectivity index (χ3n) is 2.18. The van der Waals surface area contributed by atoms with E-state index in [1.807, 2.05) is 0 Å². The first kappa shape index (κ1) is 15.1. The van der Waals surface area contributed by atoms with E-state index in [1.54, 1.807) is 6.92 Å². The molecular weight excluding hydrogens is 274 g/mol. The minimum atomic E-state index is -1.13. The summed E-state index contributed by atoms with van der Waals surface area (Å²) in [6.45, 7) is 1.73. The molecule has 0 aromatic heterocycles. The van der Waals surface area contributed by atoms with Crippen molar-refractivity contribution >= 4 is 23.5 Å². The van der Waals surface area contributed by atoms with Gasteiger partial charge in [0.15, 0.2) is 11.5 Å². The summed E-state index contributed by atoms with van der Waals surface area (Å²) in [6, 6.07) is 2.83. The van der Waals surface area contributed by atoms with Crippen molar-refractivity contribution in [3.8, 4) is 11.5 Å². The molecule has 0 radical (unpaired) electrons. The third kappa shape index (κ3) is 4.03. The maximum Gasteiger partial charge on any atom is 0.322 e. The van der Waals surface area contributed by atoms with Crippen molar-refractivity contribution in [1.82, 2.24) is 5.32 Å². The Labute approximate surface area is 115 Å². The molecule has 6 nitrogen and oxygen atoms in total. The maximum absolute atomic E-state index is 11.7. The van der Waals surface area contributed by atoms with Crippen molar-refractivity contribution in [2.24, 2.45) is 0 Å². The van der Waals surface area contributed by atoms with Crippen LogP contribution in [0, 0.1) is 0 Å². The molecule has 0 fully saturated rings. The van der Waals surface area contributed by atoms with Gasteiger partial charge >= 0.3 is 5.97 Å². The summed E-state index contributed by atoms with van der Waals surface area (Å²) in [5, 5.41) is 11.0. The van der Waals surface area contributed by atoms with E-state index >= 15 is 0 Å². The lowest BCUT2D eigenvalue weighted by Crippen LogP contribution is -2.29. The van der Waals surface area contributed by atoms with Crippen molar-refractivity contribution in [1.29, 1.82) is 0 Å². The number of rotatable bonds is 6. The molecule has 1 aromatic carbocycles. The van der Waals surface area contributed by atoms with E-state index in [-0.39, 0.29) is 10.6 Å². The summed E-state index contributed by atoms with van der Waals surface area (Å²) in [7, 11) is 1.42. The van der Waals surface area contributed by atoms with Gasteiger partial charge in [-0.3, -0.25) is 9.59 Å². The summed E-state index contributed by atoms with van der Waals surface area (Å²) in [5.41, 5.74) is 0.201. The fourth-order valence-electron chi connectivity index (χ4n) is 1.39. The van der Waals surface area contributed by atoms with Gasteiger partial charge in [-0.2, -0.15) is 0 Å². The van der Waals surface area contributed by atoms with Crippen LogP contribution < -0.4 is 14.8 Å². The fourth-order valence-corrected chi connectivity index (χ4v) is 1.66. The van der Waals surface area contributed by atoms with Gasteiger partial charge in [-0.15, -0.1) is 0 Å². The Kier molecular flexibility index (Phi) is 5.44. The van der Waals surface area contributed by atoms with Crippen LogP contribution in [-0.4, -0.2) is 37.2 Å². The van der Waals surface area contributed by atoms with Gasteiger partial charge in [-0.1, -0.05) is 11.6 Å². The lowest BCUT2D eigenvalue weighted by Gasteiger charge is -2.12. The number of carboxylic acid groups (broad SMARTS) is 1. The van der Waals surface area contributed by atoms with E-state index in [0.29, 0.717) is 18.1 Å². The van der Waals surface area contributed by atoms with Crippen LogP contribution in [0.5, 0.6) is 11.5 Å². The number of halogens is 1. The number of aliphatic carboxylic acids is 1. The van der Waals surface area contributed by atoms with Crippen molar-refractivity contribution in [3.63, 3.8) is 0 Å². The molecule has 0 heterocycles. The average molecular weight is 288 g/mol. The van der Waals surface area contributed by atoms with Crippen LogP contribution in [0.4, 0.5) is 0 Å². The zero-order valence-electron chi connectivity index (χ0n) is 10.5. The highest BCUT2D eigenvalue weighted by Crippen LogP contribution is 2.36. The van der Waals surface area contributed by atoms with Gasteiger partial charge in [-0.25, -0.2) is 0 Å². The Hall–Kier alpha value is -1.95. The smallest absolute Gasteiger partial charge is 0.322 e. The monoisotopic (exact) mass is 287 g/mol. The van der Waals surface area contributed by atoms with Gasteiger partial charge in [0.2, 0.25) is 0 Å². The number of methoxy groups -OCH3 is 1. The number of amides is 1. The van der Waals surface area contributed by atoms with Crippen molar-refractivity contribution in [3.05, 3.63) is 22.7 Å². The molecule has 104 valence electrons. The van der Waals surface area contributed by atoms with Crippen LogP contribution in [-0.2, 0) is 4.79 Å². The summed E-state index contributed by atoms with van der Waals surface area (Å²) in [5.74, 6) is -1.01. The summed E-state index contributed by atoms with van der Waals surface area (Å²) in [4.78, 5) is 22.1. The predicted octanol–water partition coefficient (Wildman–Crippen LogP) is 1.56. The second-order valence-electron chi connectivity index (χ2n) is 3.50. The van der Waals surface area contributed by atoms with Gasteiger partial charge in [0.05, 0.1) is 18.7 Å². The zero-order valence-corrected chi connectivity index (χ0v) is 11.3. The number of hydrogen-bond donors (Lipinski definition) is 2. The number of carboxylic acids is 1. The number of benzene rings is 1. The fraction of sp³-hybridized carbons (Fsp3) is 0.333. The molecule has 1 rings (SSSR count). The van der Waals surface area contributed by atoms with E-state index in [2.05, 4.69) is 5.32 Å². The molecule has 1 aromatic rings. The summed E-state index contributed by atoms with van der Waals surface area (Å²) >= 11 is 6.00. The molecule has 7 heteroatoms. The standard InChI is InChI=1S/C12H14ClNO5/c1-3-19-11-8(13)4-7(5-9(11)18-2)12(17)14-6-10(15)16/h4-5H,3,6H2,1-2H3,(H,14,17)(H,15,16). The average Bonchev–Trinajstić information content (AvgIpc) is 2.38. The summed E-state index contributed by atoms with van der Waals surface area (Å²) < 4.78 is 10.4. The van der Waals surface area contributed by atoms with E-state index in [9.17, 15) is 9.59 Å². The van der Waals surface area contributed by atoms with Crippen LogP contribution in [0.3, 0.4) is 0 Å². The predicted molar refractivity (Wildman–Crippen MR) is 69.1 cm³/mol. The molecule has 0 aliphatic rings. The highest BCUT2D eigenvalue weighted by Gasteiger charge is 2.15. The highest BCUT2D eigenvalue weighted by molar-refractivity contribution is 6.32. The largest absolute Gasteiger partial charge is 0.493 e. The molecule has 0 spiro atoms. The first-order valence-electron chi connectivity index (χ1n) is 5.49. The van der Waals surface area contributed by atoms with Gasteiger partial charge in [0.1, 0.15) is 6.54 Å². The molecule has 0 aliphatic heterocycles. The maximum atomic E-state index is 11.7. The number of carbonyl (C=O) groups is 2. The normalized spacial score (nSPS) is 9.84. The van der Waals surface area contributed by atoms with Crippen LogP contribution in [0.1, 0.15) is 17.3 Å². The molecule has 0 aliphatic carbocycles.